The van der Waals surface area contributed by atoms with Crippen molar-refractivity contribution in [3.63, 3.8) is 0 Å². The van der Waals surface area contributed by atoms with Gasteiger partial charge in [-0.3, -0.25) is 9.59 Å². The molecule has 0 spiro atoms. The molecule has 1 atom stereocenters. The summed E-state index contributed by atoms with van der Waals surface area (Å²) in [5.41, 5.74) is 1.26. The maximum Gasteiger partial charge on any atom is 0.417 e. The number of aromatic nitrogens is 5. The number of nitrogens with zero attached hydrogens (tertiary/aromatic N) is 6. The molecule has 1 amide bonds. The number of pyridine rings is 1. The number of alkyl halides is 3. The Labute approximate surface area is 258 Å². The highest BCUT2D eigenvalue weighted by atomic mass is 79.9. The van der Waals surface area contributed by atoms with Crippen LogP contribution in [0.3, 0.4) is 0 Å². The summed E-state index contributed by atoms with van der Waals surface area (Å²) in [6.45, 7) is 5.34. The minimum atomic E-state index is -4.64. The first-order valence-electron chi connectivity index (χ1n) is 14.1. The first-order chi connectivity index (χ1) is 20.8. The van der Waals surface area contributed by atoms with E-state index in [0.717, 1.165) is 11.8 Å². The summed E-state index contributed by atoms with van der Waals surface area (Å²) in [7, 11) is 0. The lowest BCUT2D eigenvalue weighted by Crippen LogP contribution is -2.46. The number of anilines is 1. The summed E-state index contributed by atoms with van der Waals surface area (Å²) < 4.78 is 43.5. The maximum absolute atomic E-state index is 14.1. The van der Waals surface area contributed by atoms with Crippen molar-refractivity contribution >= 4 is 27.7 Å². The van der Waals surface area contributed by atoms with Crippen LogP contribution in [-0.2, 0) is 19.1 Å². The summed E-state index contributed by atoms with van der Waals surface area (Å²) in [6, 6.07) is 8.38. The quantitative estimate of drug-likeness (QED) is 0.315. The zero-order chi connectivity index (χ0) is 31.5. The van der Waals surface area contributed by atoms with Crippen LogP contribution in [0.2, 0.25) is 0 Å². The molecule has 1 fully saturated rings. The van der Waals surface area contributed by atoms with E-state index in [4.69, 9.17) is 4.98 Å². The Kier molecular flexibility index (Phi) is 7.60. The number of amides is 1. The van der Waals surface area contributed by atoms with Crippen LogP contribution in [0.4, 0.5) is 19.0 Å². The first kappa shape index (κ1) is 30.0. The summed E-state index contributed by atoms with van der Waals surface area (Å²) in [5, 5.41) is 17.4. The van der Waals surface area contributed by atoms with E-state index in [1.165, 1.54) is 21.6 Å². The van der Waals surface area contributed by atoms with Crippen LogP contribution in [0.15, 0.2) is 51.9 Å². The highest BCUT2D eigenvalue weighted by molar-refractivity contribution is 9.10. The van der Waals surface area contributed by atoms with Crippen molar-refractivity contribution in [2.24, 2.45) is 0 Å². The molecule has 3 aromatic heterocycles. The fourth-order valence-corrected chi connectivity index (χ4v) is 6.16. The fraction of sp³-hybridized carbons (Fsp3) is 0.367. The third-order valence-corrected chi connectivity index (χ3v) is 8.74. The smallest absolute Gasteiger partial charge is 0.393 e. The molecule has 44 heavy (non-hydrogen) atoms. The van der Waals surface area contributed by atoms with Gasteiger partial charge in [0.05, 0.1) is 41.5 Å². The number of fused-ring (bicyclic) bond motifs is 1. The van der Waals surface area contributed by atoms with Gasteiger partial charge in [-0.2, -0.15) is 18.3 Å². The second-order valence-corrected chi connectivity index (χ2v) is 12.2. The van der Waals surface area contributed by atoms with Gasteiger partial charge in [0.15, 0.2) is 0 Å². The Morgan fingerprint density at radius 3 is 2.50 bits per heavy atom. The molecule has 4 heterocycles. The van der Waals surface area contributed by atoms with Crippen LogP contribution >= 0.6 is 15.9 Å². The average Bonchev–Trinajstić information content (AvgIpc) is 3.29. The van der Waals surface area contributed by atoms with E-state index >= 15 is 0 Å². The molecular weight excluding hydrogens is 643 g/mol. The van der Waals surface area contributed by atoms with Crippen molar-refractivity contribution in [3.05, 3.63) is 91.2 Å². The summed E-state index contributed by atoms with van der Waals surface area (Å²) in [6.07, 6.45) is -1.94. The minimum Gasteiger partial charge on any atom is -0.393 e. The van der Waals surface area contributed by atoms with Crippen LogP contribution in [-0.4, -0.2) is 58.4 Å². The Morgan fingerprint density at radius 2 is 1.89 bits per heavy atom. The number of benzene rings is 1. The van der Waals surface area contributed by atoms with Crippen molar-refractivity contribution in [2.45, 2.75) is 70.9 Å². The van der Waals surface area contributed by atoms with E-state index in [-0.39, 0.29) is 46.7 Å². The monoisotopic (exact) mass is 671 g/mol. The summed E-state index contributed by atoms with van der Waals surface area (Å²) in [4.78, 5) is 38.4. The lowest BCUT2D eigenvalue weighted by Gasteiger charge is -2.34. The molecule has 2 N–H and O–H groups in total. The minimum absolute atomic E-state index is 0.0660. The van der Waals surface area contributed by atoms with Crippen LogP contribution < -0.4 is 10.9 Å². The SMILES string of the molecule is Cc1cc(C)n(-c2nc3c(c(=O)n2-c2ccc(NC4CC(O)C4)nc2)C[C@@H](C)N(C(=O)c2ccc(Br)c(C(F)(F)F)c2)C3)n1. The number of aliphatic hydroxyl groups is 1. The standard InChI is InChI=1S/C30H29BrF3N7O3/c1-15-8-17(3)41(38-15)29-37-25-14-39(27(43)18-4-6-24(31)23(10-18)30(32,33)34)16(2)9-22(25)28(44)40(29)20-5-7-26(35-13-20)36-19-11-21(42)12-19/h4-8,10,13,16,19,21,42H,9,11-12,14H2,1-3H3,(H,35,36)/t16-,19?,21?/m1/s1. The second kappa shape index (κ2) is 11.1. The topological polar surface area (TPSA) is 118 Å². The molecule has 6 rings (SSSR count). The van der Waals surface area contributed by atoms with Crippen molar-refractivity contribution < 1.29 is 23.1 Å². The van der Waals surface area contributed by atoms with E-state index < -0.39 is 23.7 Å². The van der Waals surface area contributed by atoms with E-state index in [1.807, 2.05) is 19.9 Å². The fourth-order valence-electron chi connectivity index (χ4n) is 5.68. The molecule has 0 unspecified atom stereocenters. The number of rotatable bonds is 5. The number of hydrogen-bond donors (Lipinski definition) is 2. The van der Waals surface area contributed by atoms with Gasteiger partial charge in [0.25, 0.3) is 11.5 Å². The molecule has 1 aliphatic heterocycles. The van der Waals surface area contributed by atoms with Crippen molar-refractivity contribution in [1.82, 2.24) is 29.2 Å². The third kappa shape index (κ3) is 5.52. The number of nitrogens with one attached hydrogen (secondary N) is 1. The Bertz CT molecular complexity index is 1810. The molecule has 0 radical (unpaired) electrons. The Hall–Kier alpha value is -4.04. The molecule has 0 bridgehead atoms. The predicted octanol–water partition coefficient (Wildman–Crippen LogP) is 4.73. The lowest BCUT2D eigenvalue weighted by atomic mass is 9.89. The molecule has 4 aromatic rings. The predicted molar refractivity (Wildman–Crippen MR) is 159 cm³/mol. The summed E-state index contributed by atoms with van der Waals surface area (Å²) >= 11 is 2.92. The van der Waals surface area contributed by atoms with E-state index in [0.29, 0.717) is 41.3 Å². The van der Waals surface area contributed by atoms with Gasteiger partial charge in [0, 0.05) is 33.4 Å². The molecule has 2 aliphatic rings. The van der Waals surface area contributed by atoms with Gasteiger partial charge in [-0.15, -0.1) is 0 Å². The molecule has 0 saturated heterocycles. The molecule has 230 valence electrons. The normalized spacial score (nSPS) is 19.8. The number of carbonyl (C=O) groups is 1. The van der Waals surface area contributed by atoms with Gasteiger partial charge in [0.2, 0.25) is 5.95 Å². The molecule has 10 nitrogen and oxygen atoms in total. The highest BCUT2D eigenvalue weighted by Gasteiger charge is 2.36. The van der Waals surface area contributed by atoms with Gasteiger partial charge in [-0.05, 0) is 76.4 Å². The average molecular weight is 673 g/mol. The van der Waals surface area contributed by atoms with Gasteiger partial charge >= 0.3 is 6.18 Å². The van der Waals surface area contributed by atoms with Gasteiger partial charge in [-0.1, -0.05) is 15.9 Å². The molecule has 1 aromatic carbocycles. The Balaban J connectivity index is 1.39. The highest BCUT2D eigenvalue weighted by Crippen LogP contribution is 2.36. The van der Waals surface area contributed by atoms with E-state index in [1.54, 1.807) is 29.9 Å². The number of aliphatic hydroxyl groups excluding tert-OH is 1. The second-order valence-electron chi connectivity index (χ2n) is 11.4. The maximum atomic E-state index is 14.1. The van der Waals surface area contributed by atoms with Crippen LogP contribution in [0, 0.1) is 13.8 Å². The van der Waals surface area contributed by atoms with E-state index in [2.05, 4.69) is 31.3 Å². The zero-order valence-corrected chi connectivity index (χ0v) is 25.6. The molecule has 1 saturated carbocycles. The first-order valence-corrected chi connectivity index (χ1v) is 14.9. The van der Waals surface area contributed by atoms with Gasteiger partial charge < -0.3 is 15.3 Å². The number of halogens is 4. The zero-order valence-electron chi connectivity index (χ0n) is 24.1. The number of carbonyl (C=O) groups excluding carboxylic acids is 1. The largest absolute Gasteiger partial charge is 0.417 e. The van der Waals surface area contributed by atoms with E-state index in [9.17, 15) is 27.9 Å². The summed E-state index contributed by atoms with van der Waals surface area (Å²) in [5.74, 6) is 0.224. The number of aryl methyl sites for hydroxylation is 2. The van der Waals surface area contributed by atoms with Crippen LogP contribution in [0.5, 0.6) is 0 Å². The van der Waals surface area contributed by atoms with Crippen LogP contribution in [0.25, 0.3) is 11.6 Å². The molecule has 14 heteroatoms. The van der Waals surface area contributed by atoms with Crippen molar-refractivity contribution in [3.8, 4) is 11.6 Å². The molecule has 1 aliphatic carbocycles. The molecular formula is C30H29BrF3N7O3. The Morgan fingerprint density at radius 1 is 1.14 bits per heavy atom. The van der Waals surface area contributed by atoms with Gasteiger partial charge in [-0.25, -0.2) is 19.2 Å². The van der Waals surface area contributed by atoms with Crippen LogP contribution in [0.1, 0.15) is 58.3 Å². The van der Waals surface area contributed by atoms with Gasteiger partial charge in [0.1, 0.15) is 5.82 Å². The van der Waals surface area contributed by atoms with Crippen molar-refractivity contribution in [1.29, 1.82) is 0 Å². The third-order valence-electron chi connectivity index (χ3n) is 8.05. The number of hydrogen-bond acceptors (Lipinski definition) is 7. The lowest BCUT2D eigenvalue weighted by molar-refractivity contribution is -0.138. The van der Waals surface area contributed by atoms with Crippen molar-refractivity contribution in [2.75, 3.05) is 5.32 Å².